The summed E-state index contributed by atoms with van der Waals surface area (Å²) in [5, 5.41) is 14.9. The molecule has 0 spiro atoms. The van der Waals surface area contributed by atoms with Crippen LogP contribution in [0.3, 0.4) is 0 Å². The van der Waals surface area contributed by atoms with Gasteiger partial charge in [-0.1, -0.05) is 13.8 Å². The van der Waals surface area contributed by atoms with E-state index in [1.165, 1.54) is 70.8 Å². The van der Waals surface area contributed by atoms with Gasteiger partial charge in [-0.05, 0) is 74.5 Å². The molecule has 6 aliphatic rings. The van der Waals surface area contributed by atoms with Crippen LogP contribution in [0, 0.1) is 41.4 Å². The Balaban J connectivity index is 1.19. The molecule has 6 rings (SSSR count). The molecule has 1 unspecified atom stereocenters. The second-order valence-electron chi connectivity index (χ2n) is 14.6. The van der Waals surface area contributed by atoms with E-state index in [0.29, 0.717) is 35.9 Å². The van der Waals surface area contributed by atoms with Crippen LogP contribution in [0.25, 0.3) is 0 Å². The van der Waals surface area contributed by atoms with Crippen LogP contribution < -0.4 is 10.2 Å². The SMILES string of the molecule is CC(=O)N1CCC[C@H]2[C@@H](C[C@@H]3CC[C@]4(O)[C@@H]5C[C@@H]6[C@@H](C[C@@H](C)C[C@@H]6[NH+](C)C5)C[C@@H]4[NH2+]3)C[C@H](C)C[C@H]21. The van der Waals surface area contributed by atoms with Crippen LogP contribution in [0.1, 0.15) is 91.4 Å². The molecule has 6 fully saturated rings. The minimum Gasteiger partial charge on any atom is -0.383 e. The molecule has 0 radical (unpaired) electrons. The molecule has 198 valence electrons. The lowest BCUT2D eigenvalue weighted by molar-refractivity contribution is -0.923. The zero-order chi connectivity index (χ0) is 24.5. The van der Waals surface area contributed by atoms with E-state index < -0.39 is 5.60 Å². The minimum atomic E-state index is -0.456. The average Bonchev–Trinajstić information content (AvgIpc) is 2.91. The number of aliphatic hydroxyl groups is 1. The van der Waals surface area contributed by atoms with Gasteiger partial charge in [0.1, 0.15) is 11.6 Å². The number of nitrogens with two attached hydrogens (primary N) is 1. The number of piperidine rings is 3. The van der Waals surface area contributed by atoms with Gasteiger partial charge in [-0.25, -0.2) is 0 Å². The van der Waals surface area contributed by atoms with Crippen molar-refractivity contribution in [2.45, 2.75) is 121 Å². The Labute approximate surface area is 213 Å². The maximum atomic E-state index is 12.4. The highest BCUT2D eigenvalue weighted by atomic mass is 16.3. The second-order valence-corrected chi connectivity index (χ2v) is 14.6. The summed E-state index contributed by atoms with van der Waals surface area (Å²) >= 11 is 0. The van der Waals surface area contributed by atoms with Gasteiger partial charge in [0.25, 0.3) is 0 Å². The van der Waals surface area contributed by atoms with E-state index in [0.717, 1.165) is 48.6 Å². The highest BCUT2D eigenvalue weighted by molar-refractivity contribution is 5.73. The second kappa shape index (κ2) is 9.27. The molecule has 5 heteroatoms. The molecular weight excluding hydrogens is 434 g/mol. The van der Waals surface area contributed by atoms with Crippen LogP contribution in [0.2, 0.25) is 0 Å². The van der Waals surface area contributed by atoms with Gasteiger partial charge in [0, 0.05) is 57.0 Å². The Kier molecular flexibility index (Phi) is 6.54. The van der Waals surface area contributed by atoms with Gasteiger partial charge in [-0.3, -0.25) is 4.79 Å². The maximum Gasteiger partial charge on any atom is 0.219 e. The standard InChI is InChI=1S/C30H51N3O2/c1-18-11-22-15-29-30(35,23-16-26(22)27(12-18)32(4)17-23)8-7-24(31-29)14-21-10-19(2)13-28-25(21)6-5-9-33(28)20(3)34/h18-19,21-29,31,35H,5-17H2,1-4H3/p+2/t18-,19+,21-,22+,23-,24+,25+,26-,27+,28-,29+,30+/m1/s1. The Bertz CT molecular complexity index is 804. The normalized spacial score (nSPS) is 53.8. The Morgan fingerprint density at radius 3 is 2.66 bits per heavy atom. The van der Waals surface area contributed by atoms with Crippen LogP contribution >= 0.6 is 0 Å². The van der Waals surface area contributed by atoms with Crippen LogP contribution in [0.4, 0.5) is 0 Å². The van der Waals surface area contributed by atoms with Gasteiger partial charge < -0.3 is 20.2 Å². The lowest BCUT2D eigenvalue weighted by Gasteiger charge is -2.51. The van der Waals surface area contributed by atoms with Crippen molar-refractivity contribution in [3.63, 3.8) is 0 Å². The predicted molar refractivity (Wildman–Crippen MR) is 138 cm³/mol. The lowest BCUT2D eigenvalue weighted by atomic mass is 9.64. The van der Waals surface area contributed by atoms with Crippen molar-refractivity contribution in [1.29, 1.82) is 0 Å². The summed E-state index contributed by atoms with van der Waals surface area (Å²) in [6.07, 6.45) is 13.9. The third-order valence-electron chi connectivity index (χ3n) is 12.4. The fourth-order valence-corrected chi connectivity index (χ4v) is 10.9. The molecule has 2 bridgehead atoms. The van der Waals surface area contributed by atoms with E-state index in [-0.39, 0.29) is 0 Å². The molecule has 4 N–H and O–H groups in total. The van der Waals surface area contributed by atoms with Crippen molar-refractivity contribution >= 4 is 5.91 Å². The monoisotopic (exact) mass is 487 g/mol. The number of carbonyl (C=O) groups is 1. The fourth-order valence-electron chi connectivity index (χ4n) is 10.9. The third kappa shape index (κ3) is 4.30. The zero-order valence-electron chi connectivity index (χ0n) is 22.9. The molecule has 0 aromatic rings. The van der Waals surface area contributed by atoms with Crippen molar-refractivity contribution in [1.82, 2.24) is 4.90 Å². The first-order chi connectivity index (χ1) is 16.7. The molecule has 3 saturated heterocycles. The average molecular weight is 488 g/mol. The van der Waals surface area contributed by atoms with Gasteiger partial charge >= 0.3 is 0 Å². The van der Waals surface area contributed by atoms with E-state index in [1.807, 2.05) is 0 Å². The summed E-state index contributed by atoms with van der Waals surface area (Å²) in [6, 6.07) is 2.36. The molecule has 0 aromatic heterocycles. The summed E-state index contributed by atoms with van der Waals surface area (Å²) in [4.78, 5) is 16.3. The summed E-state index contributed by atoms with van der Waals surface area (Å²) in [6.45, 7) is 8.83. The summed E-state index contributed by atoms with van der Waals surface area (Å²) in [5.41, 5.74) is -0.456. The number of carbonyl (C=O) groups excluding carboxylic acids is 1. The Hall–Kier alpha value is -0.650. The van der Waals surface area contributed by atoms with E-state index in [9.17, 15) is 9.90 Å². The fraction of sp³-hybridized carbons (Fsp3) is 0.967. The predicted octanol–water partition coefficient (Wildman–Crippen LogP) is 1.84. The number of nitrogens with zero attached hydrogens (tertiary/aromatic N) is 1. The third-order valence-corrected chi connectivity index (χ3v) is 12.4. The molecular formula is C30H53N3O2+2. The van der Waals surface area contributed by atoms with Crippen molar-refractivity contribution < 1.29 is 20.1 Å². The molecule has 3 heterocycles. The lowest BCUT2D eigenvalue weighted by Crippen LogP contribution is -3.16. The number of hydrogen-bond donors (Lipinski definition) is 3. The first kappa shape index (κ1) is 24.7. The highest BCUT2D eigenvalue weighted by Crippen LogP contribution is 2.49. The van der Waals surface area contributed by atoms with Gasteiger partial charge in [-0.15, -0.1) is 0 Å². The number of likely N-dealkylation sites (tertiary alicyclic amines) is 2. The summed E-state index contributed by atoms with van der Waals surface area (Å²) in [7, 11) is 2.42. The number of amides is 1. The smallest absolute Gasteiger partial charge is 0.219 e. The van der Waals surface area contributed by atoms with Crippen LogP contribution in [0.5, 0.6) is 0 Å². The highest BCUT2D eigenvalue weighted by Gasteiger charge is 2.60. The van der Waals surface area contributed by atoms with Crippen molar-refractivity contribution in [2.24, 2.45) is 41.4 Å². The number of quaternary nitrogens is 2. The van der Waals surface area contributed by atoms with Gasteiger partial charge in [0.05, 0.1) is 25.7 Å². The Morgan fingerprint density at radius 2 is 1.86 bits per heavy atom. The van der Waals surface area contributed by atoms with Crippen LogP contribution in [0.15, 0.2) is 0 Å². The number of hydrogen-bond acceptors (Lipinski definition) is 2. The van der Waals surface area contributed by atoms with E-state index >= 15 is 0 Å². The Morgan fingerprint density at radius 1 is 1.06 bits per heavy atom. The molecule has 3 aliphatic carbocycles. The largest absolute Gasteiger partial charge is 0.383 e. The van der Waals surface area contributed by atoms with Crippen molar-refractivity contribution in [3.05, 3.63) is 0 Å². The van der Waals surface area contributed by atoms with Crippen LogP contribution in [-0.2, 0) is 4.79 Å². The zero-order valence-corrected chi connectivity index (χ0v) is 22.9. The maximum absolute atomic E-state index is 12.4. The van der Waals surface area contributed by atoms with E-state index in [1.54, 1.807) is 11.8 Å². The molecule has 1 amide bonds. The number of fused-ring (bicyclic) bond motifs is 4. The number of rotatable bonds is 2. The topological polar surface area (TPSA) is 61.6 Å². The van der Waals surface area contributed by atoms with E-state index in [2.05, 4.69) is 31.1 Å². The quantitative estimate of drug-likeness (QED) is 0.557. The molecule has 3 aliphatic heterocycles. The first-order valence-corrected chi connectivity index (χ1v) is 15.4. The van der Waals surface area contributed by atoms with Crippen molar-refractivity contribution in [3.8, 4) is 0 Å². The van der Waals surface area contributed by atoms with E-state index in [4.69, 9.17) is 0 Å². The molecule has 13 atom stereocenters. The van der Waals surface area contributed by atoms with Gasteiger partial charge in [0.2, 0.25) is 5.91 Å². The van der Waals surface area contributed by atoms with Gasteiger partial charge in [0.15, 0.2) is 0 Å². The molecule has 5 nitrogen and oxygen atoms in total. The van der Waals surface area contributed by atoms with Crippen molar-refractivity contribution in [2.75, 3.05) is 20.1 Å². The summed E-state index contributed by atoms with van der Waals surface area (Å²) in [5.74, 6) is 5.45. The minimum absolute atomic E-state index is 0.290. The molecule has 0 aromatic carbocycles. The molecule has 3 saturated carbocycles. The van der Waals surface area contributed by atoms with Gasteiger partial charge in [-0.2, -0.15) is 0 Å². The van der Waals surface area contributed by atoms with Crippen LogP contribution in [-0.4, -0.2) is 65.8 Å². The number of nitrogens with one attached hydrogen (secondary N) is 1. The molecule has 35 heavy (non-hydrogen) atoms. The first-order valence-electron chi connectivity index (χ1n) is 15.4. The summed E-state index contributed by atoms with van der Waals surface area (Å²) < 4.78 is 0.